The Morgan fingerprint density at radius 2 is 2.38 bits per heavy atom. The molecule has 1 atom stereocenters. The minimum atomic E-state index is -2.58. The van der Waals surface area contributed by atoms with Crippen LogP contribution in [0.4, 0.5) is 8.78 Å². The molecule has 0 unspecified atom stereocenters. The quantitative estimate of drug-likeness (QED) is 0.669. The molecule has 1 rings (SSSR count). The van der Waals surface area contributed by atoms with E-state index in [1.807, 2.05) is 0 Å². The van der Waals surface area contributed by atoms with Crippen LogP contribution in [-0.2, 0) is 4.79 Å². The molecule has 0 spiro atoms. The molecule has 5 heteroatoms. The first-order valence-electron chi connectivity index (χ1n) is 4.35. The summed E-state index contributed by atoms with van der Waals surface area (Å²) >= 11 is 0. The number of halogens is 2. The van der Waals surface area contributed by atoms with Crippen molar-refractivity contribution in [3.8, 4) is 0 Å². The molecule has 1 saturated heterocycles. The van der Waals surface area contributed by atoms with E-state index >= 15 is 0 Å². The fourth-order valence-electron chi connectivity index (χ4n) is 1.31. The maximum atomic E-state index is 12.6. The van der Waals surface area contributed by atoms with Crippen LogP contribution in [0.15, 0.2) is 0 Å². The third-order valence-corrected chi connectivity index (χ3v) is 2.11. The Labute approximate surface area is 75.9 Å². The van der Waals surface area contributed by atoms with Crippen LogP contribution in [0.1, 0.15) is 19.8 Å². The highest BCUT2D eigenvalue weighted by atomic mass is 19.3. The van der Waals surface area contributed by atoms with Gasteiger partial charge >= 0.3 is 0 Å². The van der Waals surface area contributed by atoms with Crippen molar-refractivity contribution in [2.75, 3.05) is 13.1 Å². The largest absolute Gasteiger partial charge is 0.355 e. The van der Waals surface area contributed by atoms with E-state index in [0.717, 1.165) is 0 Å². The molecule has 0 aliphatic carbocycles. The first-order valence-corrected chi connectivity index (χ1v) is 4.35. The SMILES string of the molecule is CC(=O)NC[C@H]1CCC(F)(F)CN1. The number of hydrogen-bond donors (Lipinski definition) is 2. The second kappa shape index (κ2) is 4.00. The molecule has 76 valence electrons. The fraction of sp³-hybridized carbons (Fsp3) is 0.875. The van der Waals surface area contributed by atoms with Gasteiger partial charge in [-0.2, -0.15) is 0 Å². The van der Waals surface area contributed by atoms with E-state index < -0.39 is 5.92 Å². The van der Waals surface area contributed by atoms with Crippen LogP contribution in [-0.4, -0.2) is 31.0 Å². The molecule has 1 aliphatic rings. The van der Waals surface area contributed by atoms with Gasteiger partial charge < -0.3 is 10.6 Å². The van der Waals surface area contributed by atoms with Gasteiger partial charge in [-0.15, -0.1) is 0 Å². The van der Waals surface area contributed by atoms with E-state index in [9.17, 15) is 13.6 Å². The van der Waals surface area contributed by atoms with Crippen LogP contribution >= 0.6 is 0 Å². The topological polar surface area (TPSA) is 41.1 Å². The lowest BCUT2D eigenvalue weighted by molar-refractivity contribution is -0.119. The van der Waals surface area contributed by atoms with Gasteiger partial charge in [0.1, 0.15) is 0 Å². The number of amides is 1. The van der Waals surface area contributed by atoms with Crippen LogP contribution in [0.2, 0.25) is 0 Å². The third kappa shape index (κ3) is 3.67. The molecule has 1 aliphatic heterocycles. The molecule has 0 aromatic heterocycles. The normalized spacial score (nSPS) is 26.8. The summed E-state index contributed by atoms with van der Waals surface area (Å²) in [5.41, 5.74) is 0. The van der Waals surface area contributed by atoms with Crippen molar-refractivity contribution in [3.63, 3.8) is 0 Å². The molecule has 13 heavy (non-hydrogen) atoms. The predicted octanol–water partition coefficient (Wildman–Crippen LogP) is 0.510. The lowest BCUT2D eigenvalue weighted by Gasteiger charge is -2.29. The zero-order valence-corrected chi connectivity index (χ0v) is 7.57. The molecule has 1 heterocycles. The van der Waals surface area contributed by atoms with Crippen LogP contribution in [0.5, 0.6) is 0 Å². The number of piperidine rings is 1. The summed E-state index contributed by atoms with van der Waals surface area (Å²) in [4.78, 5) is 10.5. The van der Waals surface area contributed by atoms with E-state index in [1.54, 1.807) is 0 Å². The number of rotatable bonds is 2. The average Bonchev–Trinajstić information content (AvgIpc) is 2.02. The number of carbonyl (C=O) groups is 1. The van der Waals surface area contributed by atoms with Gasteiger partial charge in [0.25, 0.3) is 5.92 Å². The number of nitrogens with one attached hydrogen (secondary N) is 2. The minimum Gasteiger partial charge on any atom is -0.355 e. The molecular formula is C8H14F2N2O. The second-order valence-electron chi connectivity index (χ2n) is 3.41. The molecule has 0 bridgehead atoms. The summed E-state index contributed by atoms with van der Waals surface area (Å²) < 4.78 is 25.3. The summed E-state index contributed by atoms with van der Waals surface area (Å²) in [6, 6.07) is -0.0106. The van der Waals surface area contributed by atoms with E-state index in [4.69, 9.17) is 0 Å². The summed E-state index contributed by atoms with van der Waals surface area (Å²) in [6.07, 6.45) is 0.317. The van der Waals surface area contributed by atoms with Crippen molar-refractivity contribution < 1.29 is 13.6 Å². The van der Waals surface area contributed by atoms with Crippen molar-refractivity contribution in [1.82, 2.24) is 10.6 Å². The lowest BCUT2D eigenvalue weighted by Crippen LogP contribution is -2.49. The van der Waals surface area contributed by atoms with Crippen LogP contribution in [0, 0.1) is 0 Å². The Morgan fingerprint density at radius 1 is 1.69 bits per heavy atom. The van der Waals surface area contributed by atoms with Crippen molar-refractivity contribution in [2.24, 2.45) is 0 Å². The first-order chi connectivity index (χ1) is 5.99. The molecule has 0 aromatic rings. The smallest absolute Gasteiger partial charge is 0.260 e. The Morgan fingerprint density at radius 3 is 2.85 bits per heavy atom. The molecule has 2 N–H and O–H groups in total. The van der Waals surface area contributed by atoms with Gasteiger partial charge in [0.05, 0.1) is 6.54 Å². The van der Waals surface area contributed by atoms with E-state index in [-0.39, 0.29) is 24.9 Å². The van der Waals surface area contributed by atoms with Crippen LogP contribution in [0.3, 0.4) is 0 Å². The Hall–Kier alpha value is -0.710. The van der Waals surface area contributed by atoms with E-state index in [0.29, 0.717) is 13.0 Å². The maximum absolute atomic E-state index is 12.6. The monoisotopic (exact) mass is 192 g/mol. The molecule has 1 fully saturated rings. The van der Waals surface area contributed by atoms with Crippen molar-refractivity contribution in [1.29, 1.82) is 0 Å². The summed E-state index contributed by atoms with van der Waals surface area (Å²) in [6.45, 7) is 1.57. The summed E-state index contributed by atoms with van der Waals surface area (Å²) in [5.74, 6) is -2.70. The van der Waals surface area contributed by atoms with Crippen molar-refractivity contribution >= 4 is 5.91 Å². The maximum Gasteiger partial charge on any atom is 0.260 e. The lowest BCUT2D eigenvalue weighted by atomic mass is 10.0. The van der Waals surface area contributed by atoms with Gasteiger partial charge in [-0.1, -0.05) is 0 Å². The van der Waals surface area contributed by atoms with Crippen molar-refractivity contribution in [2.45, 2.75) is 31.7 Å². The Balaban J connectivity index is 2.21. The third-order valence-electron chi connectivity index (χ3n) is 2.11. The average molecular weight is 192 g/mol. The fourth-order valence-corrected chi connectivity index (χ4v) is 1.31. The molecular weight excluding hydrogens is 178 g/mol. The van der Waals surface area contributed by atoms with Gasteiger partial charge in [-0.25, -0.2) is 8.78 Å². The molecule has 0 aromatic carbocycles. The standard InChI is InChI=1S/C8H14F2N2O/c1-6(13)11-4-7-2-3-8(9,10)5-12-7/h7,12H,2-5H2,1H3,(H,11,13)/t7-/m1/s1. The van der Waals surface area contributed by atoms with Crippen molar-refractivity contribution in [3.05, 3.63) is 0 Å². The van der Waals surface area contributed by atoms with Gasteiger partial charge in [0, 0.05) is 25.9 Å². The van der Waals surface area contributed by atoms with Crippen LogP contribution in [0.25, 0.3) is 0 Å². The van der Waals surface area contributed by atoms with E-state index in [2.05, 4.69) is 10.6 Å². The number of carbonyl (C=O) groups excluding carboxylic acids is 1. The minimum absolute atomic E-state index is 0.0106. The molecule has 1 amide bonds. The van der Waals surface area contributed by atoms with Crippen LogP contribution < -0.4 is 10.6 Å². The Kier molecular flexibility index (Phi) is 3.19. The highest BCUT2D eigenvalue weighted by Crippen LogP contribution is 2.24. The zero-order valence-electron chi connectivity index (χ0n) is 7.57. The Bertz CT molecular complexity index is 187. The zero-order chi connectivity index (χ0) is 9.90. The van der Waals surface area contributed by atoms with Gasteiger partial charge in [0.15, 0.2) is 0 Å². The van der Waals surface area contributed by atoms with Gasteiger partial charge in [0.2, 0.25) is 5.91 Å². The van der Waals surface area contributed by atoms with Gasteiger partial charge in [-0.3, -0.25) is 4.79 Å². The van der Waals surface area contributed by atoms with Gasteiger partial charge in [-0.05, 0) is 6.42 Å². The highest BCUT2D eigenvalue weighted by molar-refractivity contribution is 5.72. The molecule has 0 saturated carbocycles. The molecule has 3 nitrogen and oxygen atoms in total. The molecule has 0 radical (unpaired) electrons. The number of alkyl halides is 2. The number of hydrogen-bond acceptors (Lipinski definition) is 2. The van der Waals surface area contributed by atoms with E-state index in [1.165, 1.54) is 6.92 Å². The first kappa shape index (κ1) is 10.4. The highest BCUT2D eigenvalue weighted by Gasteiger charge is 2.34. The summed E-state index contributed by atoms with van der Waals surface area (Å²) in [7, 11) is 0. The second-order valence-corrected chi connectivity index (χ2v) is 3.41. The summed E-state index contributed by atoms with van der Waals surface area (Å²) in [5, 5.41) is 5.30. The predicted molar refractivity (Wildman–Crippen MR) is 44.7 cm³/mol.